The van der Waals surface area contributed by atoms with E-state index in [1.807, 2.05) is 30.3 Å². The lowest BCUT2D eigenvalue weighted by Gasteiger charge is -2.25. The number of nitrogens with one attached hydrogen (secondary N) is 1. The van der Waals surface area contributed by atoms with Crippen LogP contribution in [0.25, 0.3) is 0 Å². The summed E-state index contributed by atoms with van der Waals surface area (Å²) >= 11 is 0. The lowest BCUT2D eigenvalue weighted by Crippen LogP contribution is -2.30. The van der Waals surface area contributed by atoms with E-state index in [4.69, 9.17) is 4.74 Å². The third-order valence-electron chi connectivity index (χ3n) is 7.75. The van der Waals surface area contributed by atoms with Crippen molar-refractivity contribution in [1.29, 1.82) is 0 Å². The van der Waals surface area contributed by atoms with Crippen LogP contribution in [0.5, 0.6) is 0 Å². The van der Waals surface area contributed by atoms with Gasteiger partial charge in [-0.05, 0) is 46.4 Å². The van der Waals surface area contributed by atoms with E-state index >= 15 is 0 Å². The third kappa shape index (κ3) is 10.7. The van der Waals surface area contributed by atoms with Crippen LogP contribution in [0.3, 0.4) is 0 Å². The second-order valence-electron chi connectivity index (χ2n) is 12.2. The van der Waals surface area contributed by atoms with Crippen molar-refractivity contribution in [3.05, 3.63) is 64.7 Å². The standard InChI is InChI=1S/C36H55NO3/c1-8-9-10-11-12-13-14-15-16-20-23-40-36(39)33(29-21-18-17-19-22-29)35(38)37-34-31(27(4)5)24-30(26(2)3)25-32(34)28(6)7/h17-19,21-22,24-28,33H,8-16,20,23H2,1-7H3,(H,37,38). The van der Waals surface area contributed by atoms with Crippen LogP contribution in [0.2, 0.25) is 0 Å². The van der Waals surface area contributed by atoms with Crippen LogP contribution in [-0.2, 0) is 14.3 Å². The molecule has 4 heteroatoms. The molecule has 1 unspecified atom stereocenters. The van der Waals surface area contributed by atoms with E-state index in [0.717, 1.165) is 36.1 Å². The number of amides is 1. The fourth-order valence-electron chi connectivity index (χ4n) is 5.18. The Kier molecular flexibility index (Phi) is 15.1. The highest BCUT2D eigenvalue weighted by Gasteiger charge is 2.31. The molecule has 222 valence electrons. The lowest BCUT2D eigenvalue weighted by atomic mass is 9.87. The summed E-state index contributed by atoms with van der Waals surface area (Å²) in [4.78, 5) is 27.1. The lowest BCUT2D eigenvalue weighted by molar-refractivity contribution is -0.148. The van der Waals surface area contributed by atoms with E-state index in [9.17, 15) is 9.59 Å². The molecule has 1 amide bonds. The highest BCUT2D eigenvalue weighted by Crippen LogP contribution is 2.36. The van der Waals surface area contributed by atoms with Crippen LogP contribution in [0, 0.1) is 0 Å². The Balaban J connectivity index is 2.09. The van der Waals surface area contributed by atoms with E-state index < -0.39 is 11.9 Å². The minimum absolute atomic E-state index is 0.227. The molecular formula is C36H55NO3. The summed E-state index contributed by atoms with van der Waals surface area (Å²) < 4.78 is 5.70. The smallest absolute Gasteiger partial charge is 0.323 e. The van der Waals surface area contributed by atoms with Crippen molar-refractivity contribution < 1.29 is 14.3 Å². The number of carbonyl (C=O) groups excluding carboxylic acids is 2. The summed E-state index contributed by atoms with van der Waals surface area (Å²) in [6, 6.07) is 13.7. The summed E-state index contributed by atoms with van der Waals surface area (Å²) in [5.41, 5.74) is 4.97. The Labute approximate surface area is 244 Å². The molecule has 0 radical (unpaired) electrons. The quantitative estimate of drug-likeness (QED) is 0.114. The molecule has 0 aliphatic heterocycles. The zero-order valence-corrected chi connectivity index (χ0v) is 26.4. The van der Waals surface area contributed by atoms with Crippen LogP contribution in [0.1, 0.15) is 159 Å². The van der Waals surface area contributed by atoms with E-state index in [1.165, 1.54) is 50.5 Å². The number of anilines is 1. The van der Waals surface area contributed by atoms with Crippen molar-refractivity contribution in [3.8, 4) is 0 Å². The first kappa shape index (κ1) is 33.6. The van der Waals surface area contributed by atoms with Crippen molar-refractivity contribution >= 4 is 17.6 Å². The normalized spacial score (nSPS) is 12.2. The largest absolute Gasteiger partial charge is 0.465 e. The number of hydrogen-bond donors (Lipinski definition) is 1. The molecule has 0 heterocycles. The Morgan fingerprint density at radius 1 is 0.675 bits per heavy atom. The van der Waals surface area contributed by atoms with Gasteiger partial charge in [0.2, 0.25) is 5.91 Å². The van der Waals surface area contributed by atoms with Crippen molar-refractivity contribution in [2.45, 2.75) is 136 Å². The molecule has 0 fully saturated rings. The number of hydrogen-bond acceptors (Lipinski definition) is 3. The fourth-order valence-corrected chi connectivity index (χ4v) is 5.18. The van der Waals surface area contributed by atoms with Gasteiger partial charge in [-0.2, -0.15) is 0 Å². The number of benzene rings is 2. The topological polar surface area (TPSA) is 55.4 Å². The fraction of sp³-hybridized carbons (Fsp3) is 0.611. The van der Waals surface area contributed by atoms with Gasteiger partial charge in [-0.1, -0.05) is 149 Å². The highest BCUT2D eigenvalue weighted by molar-refractivity contribution is 6.10. The predicted molar refractivity (Wildman–Crippen MR) is 169 cm³/mol. The van der Waals surface area contributed by atoms with Gasteiger partial charge in [0.15, 0.2) is 5.92 Å². The summed E-state index contributed by atoms with van der Waals surface area (Å²) in [6.07, 6.45) is 12.2. The minimum atomic E-state index is -1.01. The van der Waals surface area contributed by atoms with Gasteiger partial charge in [-0.25, -0.2) is 0 Å². The summed E-state index contributed by atoms with van der Waals surface area (Å²) in [7, 11) is 0. The molecular weight excluding hydrogens is 494 g/mol. The molecule has 0 saturated carbocycles. The number of ether oxygens (including phenoxy) is 1. The molecule has 0 saturated heterocycles. The molecule has 0 spiro atoms. The van der Waals surface area contributed by atoms with Gasteiger partial charge in [-0.15, -0.1) is 0 Å². The summed E-state index contributed by atoms with van der Waals surface area (Å²) in [5, 5.41) is 3.19. The van der Waals surface area contributed by atoms with E-state index in [-0.39, 0.29) is 17.7 Å². The molecule has 1 N–H and O–H groups in total. The maximum Gasteiger partial charge on any atom is 0.323 e. The van der Waals surface area contributed by atoms with Crippen LogP contribution < -0.4 is 5.32 Å². The van der Waals surface area contributed by atoms with Crippen LogP contribution in [0.4, 0.5) is 5.69 Å². The second-order valence-corrected chi connectivity index (χ2v) is 12.2. The Hall–Kier alpha value is -2.62. The van der Waals surface area contributed by atoms with Crippen LogP contribution in [-0.4, -0.2) is 18.5 Å². The molecule has 2 aromatic carbocycles. The minimum Gasteiger partial charge on any atom is -0.465 e. The predicted octanol–water partition coefficient (Wildman–Crippen LogP) is 10.2. The third-order valence-corrected chi connectivity index (χ3v) is 7.75. The molecule has 0 bridgehead atoms. The Bertz CT molecular complexity index is 997. The van der Waals surface area contributed by atoms with Gasteiger partial charge >= 0.3 is 5.97 Å². The highest BCUT2D eigenvalue weighted by atomic mass is 16.5. The molecule has 0 aliphatic carbocycles. The van der Waals surface area contributed by atoms with Gasteiger partial charge < -0.3 is 10.1 Å². The van der Waals surface area contributed by atoms with Crippen molar-refractivity contribution in [2.75, 3.05) is 11.9 Å². The Morgan fingerprint density at radius 2 is 1.18 bits per heavy atom. The van der Waals surface area contributed by atoms with E-state index in [2.05, 4.69) is 65.9 Å². The average Bonchev–Trinajstić information content (AvgIpc) is 2.92. The zero-order valence-electron chi connectivity index (χ0n) is 26.4. The van der Waals surface area contributed by atoms with E-state index in [0.29, 0.717) is 18.1 Å². The van der Waals surface area contributed by atoms with Crippen molar-refractivity contribution in [3.63, 3.8) is 0 Å². The van der Waals surface area contributed by atoms with Gasteiger partial charge in [0.25, 0.3) is 0 Å². The number of unbranched alkanes of at least 4 members (excludes halogenated alkanes) is 9. The van der Waals surface area contributed by atoms with E-state index in [1.54, 1.807) is 0 Å². The molecule has 4 nitrogen and oxygen atoms in total. The maximum absolute atomic E-state index is 13.8. The van der Waals surface area contributed by atoms with Crippen LogP contribution >= 0.6 is 0 Å². The SMILES string of the molecule is CCCCCCCCCCCCOC(=O)C(C(=O)Nc1c(C(C)C)cc(C(C)C)cc1C(C)C)c1ccccc1. The zero-order chi connectivity index (χ0) is 29.5. The summed E-state index contributed by atoms with van der Waals surface area (Å²) in [6.45, 7) is 15.6. The molecule has 0 aliphatic rings. The second kappa shape index (κ2) is 17.9. The number of esters is 1. The van der Waals surface area contributed by atoms with Gasteiger partial charge in [0, 0.05) is 5.69 Å². The first-order valence-corrected chi connectivity index (χ1v) is 15.9. The first-order valence-electron chi connectivity index (χ1n) is 15.9. The maximum atomic E-state index is 13.8. The van der Waals surface area contributed by atoms with Gasteiger partial charge in [-0.3, -0.25) is 9.59 Å². The van der Waals surface area contributed by atoms with Gasteiger partial charge in [0.1, 0.15) is 0 Å². The number of rotatable bonds is 18. The monoisotopic (exact) mass is 549 g/mol. The molecule has 1 atom stereocenters. The van der Waals surface area contributed by atoms with Crippen LogP contribution in [0.15, 0.2) is 42.5 Å². The molecule has 2 rings (SSSR count). The number of carbonyl (C=O) groups is 2. The molecule has 0 aromatic heterocycles. The molecule has 2 aromatic rings. The van der Waals surface area contributed by atoms with Gasteiger partial charge in [0.05, 0.1) is 6.61 Å². The van der Waals surface area contributed by atoms with Crippen molar-refractivity contribution in [2.24, 2.45) is 0 Å². The molecule has 40 heavy (non-hydrogen) atoms. The summed E-state index contributed by atoms with van der Waals surface area (Å²) in [5.74, 6) is -0.974. The first-order chi connectivity index (χ1) is 19.2. The average molecular weight is 550 g/mol. The van der Waals surface area contributed by atoms with Crippen molar-refractivity contribution in [1.82, 2.24) is 0 Å². The Morgan fingerprint density at radius 3 is 1.65 bits per heavy atom.